The lowest BCUT2D eigenvalue weighted by atomic mass is 10.0. The average molecular weight is 261 g/mol. The predicted octanol–water partition coefficient (Wildman–Crippen LogP) is 2.02. The molecule has 0 spiro atoms. The van der Waals surface area contributed by atoms with Gasteiger partial charge in [-0.05, 0) is 31.4 Å². The fraction of sp³-hybridized carbons (Fsp3) is 0.533. The molecule has 1 saturated carbocycles. The highest BCUT2D eigenvalue weighted by Crippen LogP contribution is 2.32. The second-order valence-electron chi connectivity index (χ2n) is 5.24. The van der Waals surface area contributed by atoms with Gasteiger partial charge in [-0.25, -0.2) is 0 Å². The van der Waals surface area contributed by atoms with Gasteiger partial charge >= 0.3 is 0 Å². The first kappa shape index (κ1) is 13.9. The molecule has 0 amide bonds. The van der Waals surface area contributed by atoms with Crippen LogP contribution in [-0.2, 0) is 0 Å². The van der Waals surface area contributed by atoms with Gasteiger partial charge in [0.2, 0.25) is 0 Å². The Labute approximate surface area is 114 Å². The molecule has 0 unspecified atom stereocenters. The van der Waals surface area contributed by atoms with Crippen LogP contribution in [0.15, 0.2) is 18.2 Å². The Morgan fingerprint density at radius 1 is 1.42 bits per heavy atom. The van der Waals surface area contributed by atoms with Gasteiger partial charge in [0, 0.05) is 18.2 Å². The number of hydrogen-bond acceptors (Lipinski definition) is 3. The van der Waals surface area contributed by atoms with Gasteiger partial charge in [0.15, 0.2) is 0 Å². The SMILES string of the molecule is Cc1cccc(C(=N)N)c1N(CCO)C1CCCC1. The molecule has 4 heteroatoms. The molecule has 1 aromatic carbocycles. The fourth-order valence-electron chi connectivity index (χ4n) is 3.06. The Balaban J connectivity index is 2.42. The maximum atomic E-state index is 9.35. The summed E-state index contributed by atoms with van der Waals surface area (Å²) in [4.78, 5) is 2.25. The van der Waals surface area contributed by atoms with Crippen LogP contribution in [0.2, 0.25) is 0 Å². The smallest absolute Gasteiger partial charge is 0.124 e. The largest absolute Gasteiger partial charge is 0.395 e. The third kappa shape index (κ3) is 2.89. The van der Waals surface area contributed by atoms with E-state index in [1.807, 2.05) is 25.1 Å². The molecule has 104 valence electrons. The van der Waals surface area contributed by atoms with Crippen LogP contribution in [0.3, 0.4) is 0 Å². The summed E-state index contributed by atoms with van der Waals surface area (Å²) in [6.07, 6.45) is 4.80. The van der Waals surface area contributed by atoms with Gasteiger partial charge in [0.1, 0.15) is 5.84 Å². The van der Waals surface area contributed by atoms with Crippen molar-refractivity contribution in [1.29, 1.82) is 5.41 Å². The summed E-state index contributed by atoms with van der Waals surface area (Å²) in [5, 5.41) is 17.1. The number of para-hydroxylation sites is 1. The van der Waals surface area contributed by atoms with E-state index in [9.17, 15) is 5.11 Å². The van der Waals surface area contributed by atoms with E-state index in [2.05, 4.69) is 4.90 Å². The molecule has 0 heterocycles. The zero-order chi connectivity index (χ0) is 13.8. The van der Waals surface area contributed by atoms with Crippen molar-refractivity contribution in [3.05, 3.63) is 29.3 Å². The van der Waals surface area contributed by atoms with Crippen molar-refractivity contribution >= 4 is 11.5 Å². The van der Waals surface area contributed by atoms with Crippen LogP contribution in [0.5, 0.6) is 0 Å². The van der Waals surface area contributed by atoms with Crippen LogP contribution in [0.1, 0.15) is 36.8 Å². The van der Waals surface area contributed by atoms with E-state index < -0.39 is 0 Å². The Kier molecular flexibility index (Phi) is 4.43. The Bertz CT molecular complexity index is 453. The summed E-state index contributed by atoms with van der Waals surface area (Å²) in [7, 11) is 0. The summed E-state index contributed by atoms with van der Waals surface area (Å²) >= 11 is 0. The molecule has 0 aromatic heterocycles. The first-order chi connectivity index (χ1) is 9.15. The Morgan fingerprint density at radius 3 is 2.68 bits per heavy atom. The van der Waals surface area contributed by atoms with Crippen molar-refractivity contribution in [2.24, 2.45) is 5.73 Å². The van der Waals surface area contributed by atoms with Gasteiger partial charge in [0.25, 0.3) is 0 Å². The number of nitrogen functional groups attached to an aromatic ring is 1. The molecule has 0 atom stereocenters. The average Bonchev–Trinajstić information content (AvgIpc) is 2.89. The summed E-state index contributed by atoms with van der Waals surface area (Å²) in [6, 6.07) is 6.33. The first-order valence-corrected chi connectivity index (χ1v) is 6.96. The minimum absolute atomic E-state index is 0.0969. The van der Waals surface area contributed by atoms with E-state index in [1.54, 1.807) is 0 Å². The molecule has 2 rings (SSSR count). The lowest BCUT2D eigenvalue weighted by Gasteiger charge is -2.33. The number of hydrogen-bond donors (Lipinski definition) is 3. The number of amidine groups is 1. The number of anilines is 1. The summed E-state index contributed by atoms with van der Waals surface area (Å²) in [6.45, 7) is 2.78. The van der Waals surface area contributed by atoms with Gasteiger partial charge < -0.3 is 15.7 Å². The quantitative estimate of drug-likeness (QED) is 0.561. The lowest BCUT2D eigenvalue weighted by molar-refractivity contribution is 0.297. The van der Waals surface area contributed by atoms with Crippen molar-refractivity contribution in [1.82, 2.24) is 0 Å². The lowest BCUT2D eigenvalue weighted by Crippen LogP contribution is -2.37. The fourth-order valence-corrected chi connectivity index (χ4v) is 3.06. The molecule has 1 aliphatic carbocycles. The molecule has 0 aliphatic heterocycles. The van der Waals surface area contributed by atoms with Gasteiger partial charge in [-0.2, -0.15) is 0 Å². The topological polar surface area (TPSA) is 73.3 Å². The van der Waals surface area contributed by atoms with Crippen molar-refractivity contribution < 1.29 is 5.11 Å². The molecule has 19 heavy (non-hydrogen) atoms. The summed E-state index contributed by atoms with van der Waals surface area (Å²) in [5.74, 6) is 0.0969. The van der Waals surface area contributed by atoms with Gasteiger partial charge in [-0.3, -0.25) is 5.41 Å². The van der Waals surface area contributed by atoms with Crippen LogP contribution in [0.4, 0.5) is 5.69 Å². The number of rotatable bonds is 5. The number of aliphatic hydroxyl groups excluding tert-OH is 1. The highest BCUT2D eigenvalue weighted by Gasteiger charge is 2.25. The maximum Gasteiger partial charge on any atom is 0.124 e. The van der Waals surface area contributed by atoms with Crippen LogP contribution in [-0.4, -0.2) is 30.1 Å². The highest BCUT2D eigenvalue weighted by atomic mass is 16.3. The molecule has 1 aromatic rings. The van der Waals surface area contributed by atoms with Crippen LogP contribution < -0.4 is 10.6 Å². The standard InChI is InChI=1S/C15H23N3O/c1-11-5-4-8-13(15(16)17)14(11)18(9-10-19)12-6-2-3-7-12/h4-5,8,12,19H,2-3,6-7,9-10H2,1H3,(H3,16,17). The van der Waals surface area contributed by atoms with Crippen molar-refractivity contribution in [3.63, 3.8) is 0 Å². The zero-order valence-corrected chi connectivity index (χ0v) is 11.5. The minimum Gasteiger partial charge on any atom is -0.395 e. The van der Waals surface area contributed by atoms with E-state index in [0.717, 1.165) is 29.7 Å². The minimum atomic E-state index is 0.0969. The zero-order valence-electron chi connectivity index (χ0n) is 11.5. The van der Waals surface area contributed by atoms with E-state index in [-0.39, 0.29) is 12.4 Å². The third-order valence-corrected chi connectivity index (χ3v) is 3.92. The van der Waals surface area contributed by atoms with Gasteiger partial charge in [-0.15, -0.1) is 0 Å². The van der Waals surface area contributed by atoms with E-state index in [0.29, 0.717) is 12.6 Å². The van der Waals surface area contributed by atoms with E-state index in [4.69, 9.17) is 11.1 Å². The predicted molar refractivity (Wildman–Crippen MR) is 78.9 cm³/mol. The van der Waals surface area contributed by atoms with Crippen molar-refractivity contribution in [2.75, 3.05) is 18.1 Å². The molecule has 1 fully saturated rings. The van der Waals surface area contributed by atoms with Crippen LogP contribution >= 0.6 is 0 Å². The molecule has 4 nitrogen and oxygen atoms in total. The molecule has 4 N–H and O–H groups in total. The monoisotopic (exact) mass is 261 g/mol. The maximum absolute atomic E-state index is 9.35. The number of benzene rings is 1. The van der Waals surface area contributed by atoms with Gasteiger partial charge in [-0.1, -0.05) is 25.0 Å². The molecule has 0 bridgehead atoms. The summed E-state index contributed by atoms with van der Waals surface area (Å²) < 4.78 is 0. The molecule has 0 saturated heterocycles. The number of nitrogens with two attached hydrogens (primary N) is 1. The number of aryl methyl sites for hydroxylation is 1. The van der Waals surface area contributed by atoms with Gasteiger partial charge in [0.05, 0.1) is 12.3 Å². The van der Waals surface area contributed by atoms with Crippen LogP contribution in [0, 0.1) is 12.3 Å². The first-order valence-electron chi connectivity index (χ1n) is 6.96. The normalized spacial score (nSPS) is 15.7. The second-order valence-corrected chi connectivity index (χ2v) is 5.24. The number of nitrogens with zero attached hydrogens (tertiary/aromatic N) is 1. The Hall–Kier alpha value is -1.55. The molecular formula is C15H23N3O. The van der Waals surface area contributed by atoms with Crippen molar-refractivity contribution in [2.45, 2.75) is 38.6 Å². The molecular weight excluding hydrogens is 238 g/mol. The molecule has 1 aliphatic rings. The summed E-state index contributed by atoms with van der Waals surface area (Å²) in [5.41, 5.74) is 8.63. The second kappa shape index (κ2) is 6.06. The molecule has 0 radical (unpaired) electrons. The van der Waals surface area contributed by atoms with Crippen molar-refractivity contribution in [3.8, 4) is 0 Å². The highest BCUT2D eigenvalue weighted by molar-refractivity contribution is 6.01. The van der Waals surface area contributed by atoms with E-state index >= 15 is 0 Å². The number of nitrogens with one attached hydrogen (secondary N) is 1. The third-order valence-electron chi connectivity index (χ3n) is 3.92. The van der Waals surface area contributed by atoms with Crippen LogP contribution in [0.25, 0.3) is 0 Å². The Morgan fingerprint density at radius 2 is 2.11 bits per heavy atom. The number of aliphatic hydroxyl groups is 1. The van der Waals surface area contributed by atoms with E-state index in [1.165, 1.54) is 12.8 Å².